The Hall–Kier alpha value is -2.87. The molecule has 1 saturated heterocycles. The smallest absolute Gasteiger partial charge is 0.324 e. The van der Waals surface area contributed by atoms with Crippen LogP contribution in [0.2, 0.25) is 0 Å². The van der Waals surface area contributed by atoms with Crippen molar-refractivity contribution >= 4 is 29.8 Å². The molecule has 0 radical (unpaired) electrons. The van der Waals surface area contributed by atoms with E-state index in [4.69, 9.17) is 4.42 Å². The molecule has 1 aromatic carbocycles. The van der Waals surface area contributed by atoms with Crippen molar-refractivity contribution in [3.63, 3.8) is 0 Å². The van der Waals surface area contributed by atoms with E-state index < -0.39 is 11.9 Å². The molecule has 3 amide bonds. The summed E-state index contributed by atoms with van der Waals surface area (Å²) in [5, 5.41) is 11.3. The summed E-state index contributed by atoms with van der Waals surface area (Å²) in [5.41, 5.74) is 1.13. The van der Waals surface area contributed by atoms with E-state index in [1.807, 2.05) is 42.5 Å². The molecule has 1 aliphatic rings. The molecule has 1 N–H and O–H groups in total. The van der Waals surface area contributed by atoms with Gasteiger partial charge in [0.05, 0.1) is 5.92 Å². The highest BCUT2D eigenvalue weighted by molar-refractivity contribution is 7.99. The molecule has 8 heteroatoms. The van der Waals surface area contributed by atoms with Gasteiger partial charge in [-0.3, -0.25) is 9.69 Å². The number of hydrogen-bond donors (Lipinski definition) is 1. The highest BCUT2D eigenvalue weighted by atomic mass is 32.2. The molecular formula is C20H22N4O3S. The van der Waals surface area contributed by atoms with Crippen LogP contribution in [0.4, 0.5) is 4.79 Å². The van der Waals surface area contributed by atoms with E-state index >= 15 is 0 Å². The van der Waals surface area contributed by atoms with E-state index in [9.17, 15) is 9.59 Å². The molecule has 1 fully saturated rings. The zero-order valence-corrected chi connectivity index (χ0v) is 16.4. The Morgan fingerprint density at radius 3 is 2.82 bits per heavy atom. The molecule has 7 nitrogen and oxygen atoms in total. The second kappa shape index (κ2) is 9.36. The lowest BCUT2D eigenvalue weighted by atomic mass is 9.93. The Balaban J connectivity index is 1.56. The van der Waals surface area contributed by atoms with Crippen LogP contribution in [0.3, 0.4) is 0 Å². The van der Waals surface area contributed by atoms with Gasteiger partial charge in [0.25, 0.3) is 5.22 Å². The number of carbonyl (C=O) groups excluding carboxylic acids is 2. The summed E-state index contributed by atoms with van der Waals surface area (Å²) in [5.74, 6) is 0.371. The van der Waals surface area contributed by atoms with Gasteiger partial charge in [-0.15, -0.1) is 16.8 Å². The third-order valence-electron chi connectivity index (χ3n) is 4.35. The fourth-order valence-corrected chi connectivity index (χ4v) is 3.48. The Morgan fingerprint density at radius 2 is 2.07 bits per heavy atom. The molecule has 2 atom stereocenters. The molecular weight excluding hydrogens is 376 g/mol. The van der Waals surface area contributed by atoms with E-state index in [2.05, 4.69) is 22.1 Å². The van der Waals surface area contributed by atoms with Crippen LogP contribution in [0.25, 0.3) is 6.08 Å². The first-order valence-electron chi connectivity index (χ1n) is 8.98. The first-order valence-corrected chi connectivity index (χ1v) is 9.96. The molecule has 3 rings (SSSR count). The number of amides is 3. The van der Waals surface area contributed by atoms with Gasteiger partial charge in [0.1, 0.15) is 0 Å². The number of imide groups is 1. The number of aromatic nitrogens is 2. The SMILES string of the molecule is C=CCN1C(=O)NC(C)C(Cc2nnc(SC/C=C/c3ccccc3)o2)C1=O. The Labute approximate surface area is 167 Å². The van der Waals surface area contributed by atoms with E-state index in [0.717, 1.165) is 10.5 Å². The van der Waals surface area contributed by atoms with Crippen LogP contribution >= 0.6 is 11.8 Å². The van der Waals surface area contributed by atoms with Crippen LogP contribution in [0.5, 0.6) is 0 Å². The molecule has 1 aromatic heterocycles. The summed E-state index contributed by atoms with van der Waals surface area (Å²) in [6.45, 7) is 5.56. The van der Waals surface area contributed by atoms with E-state index in [1.54, 1.807) is 6.92 Å². The van der Waals surface area contributed by atoms with E-state index in [0.29, 0.717) is 16.9 Å². The molecule has 28 heavy (non-hydrogen) atoms. The molecule has 146 valence electrons. The Morgan fingerprint density at radius 1 is 1.29 bits per heavy atom. The third-order valence-corrected chi connectivity index (χ3v) is 5.12. The maximum Gasteiger partial charge on any atom is 0.324 e. The van der Waals surface area contributed by atoms with Gasteiger partial charge in [-0.05, 0) is 12.5 Å². The summed E-state index contributed by atoms with van der Waals surface area (Å²) in [4.78, 5) is 25.7. The topological polar surface area (TPSA) is 88.3 Å². The number of carbonyl (C=O) groups is 2. The molecule has 0 aliphatic carbocycles. The van der Waals surface area contributed by atoms with Crippen molar-refractivity contribution in [3.8, 4) is 0 Å². The van der Waals surface area contributed by atoms with Crippen molar-refractivity contribution in [1.82, 2.24) is 20.4 Å². The van der Waals surface area contributed by atoms with E-state index in [1.165, 1.54) is 17.8 Å². The zero-order valence-electron chi connectivity index (χ0n) is 15.6. The number of nitrogens with one attached hydrogen (secondary N) is 1. The van der Waals surface area contributed by atoms with Gasteiger partial charge >= 0.3 is 6.03 Å². The molecule has 2 heterocycles. The van der Waals surface area contributed by atoms with Gasteiger partial charge in [-0.2, -0.15) is 0 Å². The van der Waals surface area contributed by atoms with Crippen molar-refractivity contribution in [2.24, 2.45) is 5.92 Å². The molecule has 2 aromatic rings. The minimum absolute atomic E-state index is 0.173. The highest BCUT2D eigenvalue weighted by Gasteiger charge is 2.39. The number of benzene rings is 1. The van der Waals surface area contributed by atoms with Crippen molar-refractivity contribution in [1.29, 1.82) is 0 Å². The summed E-state index contributed by atoms with van der Waals surface area (Å²) in [6, 6.07) is 9.31. The lowest BCUT2D eigenvalue weighted by molar-refractivity contribution is -0.134. The second-order valence-electron chi connectivity index (χ2n) is 6.37. The van der Waals surface area contributed by atoms with Crippen molar-refractivity contribution < 1.29 is 14.0 Å². The van der Waals surface area contributed by atoms with Crippen molar-refractivity contribution in [3.05, 3.63) is 60.5 Å². The fraction of sp³-hybridized carbons (Fsp3) is 0.300. The van der Waals surface area contributed by atoms with Gasteiger partial charge in [0, 0.05) is 24.8 Å². The van der Waals surface area contributed by atoms with Crippen molar-refractivity contribution in [2.45, 2.75) is 24.6 Å². The van der Waals surface area contributed by atoms with E-state index in [-0.39, 0.29) is 24.9 Å². The fourth-order valence-electron chi connectivity index (χ4n) is 2.89. The predicted octanol–water partition coefficient (Wildman–Crippen LogP) is 3.16. The molecule has 1 aliphatic heterocycles. The van der Waals surface area contributed by atoms with Crippen LogP contribution in [0, 0.1) is 5.92 Å². The number of nitrogens with zero attached hydrogens (tertiary/aromatic N) is 3. The molecule has 2 unspecified atom stereocenters. The summed E-state index contributed by atoms with van der Waals surface area (Å²) in [7, 11) is 0. The number of hydrogen-bond acceptors (Lipinski definition) is 6. The van der Waals surface area contributed by atoms with Crippen LogP contribution < -0.4 is 5.32 Å². The summed E-state index contributed by atoms with van der Waals surface area (Å²) < 4.78 is 5.66. The maximum absolute atomic E-state index is 12.6. The van der Waals surface area contributed by atoms with Crippen LogP contribution in [-0.2, 0) is 11.2 Å². The van der Waals surface area contributed by atoms with Gasteiger partial charge in [-0.1, -0.05) is 60.3 Å². The van der Waals surface area contributed by atoms with Crippen molar-refractivity contribution in [2.75, 3.05) is 12.3 Å². The monoisotopic (exact) mass is 398 g/mol. The average Bonchev–Trinajstić information content (AvgIpc) is 3.14. The average molecular weight is 398 g/mol. The minimum atomic E-state index is -0.450. The molecule has 0 bridgehead atoms. The minimum Gasteiger partial charge on any atom is -0.416 e. The first-order chi connectivity index (χ1) is 13.6. The number of rotatable bonds is 8. The summed E-state index contributed by atoms with van der Waals surface area (Å²) in [6.07, 6.45) is 5.86. The summed E-state index contributed by atoms with van der Waals surface area (Å²) >= 11 is 1.43. The molecule has 0 spiro atoms. The lowest BCUT2D eigenvalue weighted by Gasteiger charge is -2.34. The number of urea groups is 1. The van der Waals surface area contributed by atoms with Gasteiger partial charge < -0.3 is 9.73 Å². The van der Waals surface area contributed by atoms with Gasteiger partial charge in [0.2, 0.25) is 11.8 Å². The lowest BCUT2D eigenvalue weighted by Crippen LogP contribution is -2.59. The predicted molar refractivity (Wildman–Crippen MR) is 108 cm³/mol. The van der Waals surface area contributed by atoms with Crippen LogP contribution in [0.15, 0.2) is 58.7 Å². The maximum atomic E-state index is 12.6. The zero-order chi connectivity index (χ0) is 19.9. The first kappa shape index (κ1) is 19.9. The van der Waals surface area contributed by atoms with Gasteiger partial charge in [-0.25, -0.2) is 4.79 Å². The number of thioether (sulfide) groups is 1. The Kier molecular flexibility index (Phi) is 6.65. The Bertz CT molecular complexity index is 865. The molecule has 0 saturated carbocycles. The third kappa shape index (κ3) is 4.89. The van der Waals surface area contributed by atoms with Crippen LogP contribution in [0.1, 0.15) is 18.4 Å². The standard InChI is InChI=1S/C20H22N4O3S/c1-3-11-24-18(25)16(14(2)21-19(24)26)13-17-22-23-20(27-17)28-12-7-10-15-8-5-4-6-9-15/h3-10,14,16H,1,11-13H2,2H3,(H,21,26)/b10-7+. The second-order valence-corrected chi connectivity index (χ2v) is 7.34. The quantitative estimate of drug-likeness (QED) is 0.543. The van der Waals surface area contributed by atoms with Crippen LogP contribution in [-0.4, -0.2) is 45.4 Å². The van der Waals surface area contributed by atoms with Gasteiger partial charge in [0.15, 0.2) is 0 Å². The largest absolute Gasteiger partial charge is 0.416 e. The highest BCUT2D eigenvalue weighted by Crippen LogP contribution is 2.22. The normalized spacial score (nSPS) is 19.8.